The predicted octanol–water partition coefficient (Wildman–Crippen LogP) is 0.500. The summed E-state index contributed by atoms with van der Waals surface area (Å²) < 4.78 is 3.65. The summed E-state index contributed by atoms with van der Waals surface area (Å²) in [4.78, 5) is 7.19. The second-order valence-corrected chi connectivity index (χ2v) is 4.24. The molecule has 3 N–H and O–H groups in total. The number of nitrogens with one attached hydrogen (secondary N) is 3. The van der Waals surface area contributed by atoms with Crippen molar-refractivity contribution in [1.82, 2.24) is 60.6 Å². The van der Waals surface area contributed by atoms with Gasteiger partial charge in [-0.15, -0.1) is 10.2 Å². The molecule has 0 aliphatic heterocycles. The third-order valence-electron chi connectivity index (χ3n) is 2.11. The maximum Gasteiger partial charge on any atom is 0.161 e. The Labute approximate surface area is 138 Å². The lowest BCUT2D eigenvalue weighted by molar-refractivity contribution is 0.881. The molecule has 0 amide bonds. The third kappa shape index (κ3) is 6.90. The zero-order chi connectivity index (χ0) is 16.7. The fourth-order valence-corrected chi connectivity index (χ4v) is 1.49. The first-order valence-corrected chi connectivity index (χ1v) is 7.20. The molecule has 5 aromatic rings. The average molecular weight is 344 g/mol. The van der Waals surface area contributed by atoms with Crippen molar-refractivity contribution in [2.24, 2.45) is 0 Å². The number of tetrazole rings is 1. The summed E-state index contributed by atoms with van der Waals surface area (Å²) in [5.74, 6) is 0. The molecule has 0 atom stereocenters. The molecule has 12 nitrogen and oxygen atoms in total. The van der Waals surface area contributed by atoms with Gasteiger partial charge in [0.1, 0.15) is 35.5 Å². The van der Waals surface area contributed by atoms with Crippen LogP contribution < -0.4 is 0 Å². The standard InChI is InChI=1S/C6H5N3.C2H3N3.C2H2N2S.CH2N4/c1-2-4-6-5(3-1)7-9-8-6;2*1-3-2-5-4-1;1-2-4-5-3-1/h1-4H,(H,7,8,9);1-2H,(H,3,4,5);1-2H;1H,(H,2,3,4,5). The van der Waals surface area contributed by atoms with Crippen LogP contribution in [0.3, 0.4) is 0 Å². The molecule has 24 heavy (non-hydrogen) atoms. The minimum atomic E-state index is 0.914. The molecule has 13 heteroatoms. The number of para-hydroxylation sites is 2. The van der Waals surface area contributed by atoms with Crippen molar-refractivity contribution >= 4 is 22.6 Å². The molecular weight excluding hydrogens is 332 g/mol. The molecule has 4 heterocycles. The van der Waals surface area contributed by atoms with Crippen LogP contribution in [0, 0.1) is 0 Å². The summed E-state index contributed by atoms with van der Waals surface area (Å²) in [5.41, 5.74) is 3.51. The van der Waals surface area contributed by atoms with E-state index < -0.39 is 0 Å². The first kappa shape index (κ1) is 16.8. The quantitative estimate of drug-likeness (QED) is 0.363. The van der Waals surface area contributed by atoms with Crippen LogP contribution in [0.2, 0.25) is 0 Å². The Bertz CT molecular complexity index is 679. The molecule has 0 spiro atoms. The zero-order valence-corrected chi connectivity index (χ0v) is 12.9. The van der Waals surface area contributed by atoms with Crippen LogP contribution >= 0.6 is 11.5 Å². The molecule has 122 valence electrons. The molecule has 5 rings (SSSR count). The van der Waals surface area contributed by atoms with E-state index in [1.165, 1.54) is 36.8 Å². The fourth-order valence-electron chi connectivity index (χ4n) is 1.22. The normalized spacial score (nSPS) is 8.83. The molecule has 4 aromatic heterocycles. The summed E-state index contributed by atoms with van der Waals surface area (Å²) in [5, 5.41) is 28.5. The van der Waals surface area contributed by atoms with E-state index in [4.69, 9.17) is 0 Å². The Morgan fingerprint density at radius 1 is 0.833 bits per heavy atom. The van der Waals surface area contributed by atoms with Crippen molar-refractivity contribution in [2.45, 2.75) is 0 Å². The number of hydrogen-bond donors (Lipinski definition) is 3. The number of nitrogens with zero attached hydrogens (tertiary/aromatic N) is 9. The van der Waals surface area contributed by atoms with Gasteiger partial charge in [0.05, 0.1) is 0 Å². The highest BCUT2D eigenvalue weighted by Crippen LogP contribution is 2.03. The Morgan fingerprint density at radius 3 is 2.00 bits per heavy atom. The smallest absolute Gasteiger partial charge is 0.161 e. The van der Waals surface area contributed by atoms with Crippen molar-refractivity contribution in [3.05, 3.63) is 55.1 Å². The van der Waals surface area contributed by atoms with Gasteiger partial charge in [-0.2, -0.15) is 30.1 Å². The highest BCUT2D eigenvalue weighted by atomic mass is 32.1. The largest absolute Gasteiger partial charge is 0.266 e. The van der Waals surface area contributed by atoms with E-state index in [1.807, 2.05) is 24.3 Å². The Morgan fingerprint density at radius 2 is 1.67 bits per heavy atom. The predicted molar refractivity (Wildman–Crippen MR) is 84.4 cm³/mol. The van der Waals surface area contributed by atoms with Crippen molar-refractivity contribution in [2.75, 3.05) is 0 Å². The number of fused-ring (bicyclic) bond motifs is 1. The van der Waals surface area contributed by atoms with Crippen LogP contribution in [-0.4, -0.2) is 60.6 Å². The summed E-state index contributed by atoms with van der Waals surface area (Å²) in [6, 6.07) is 7.70. The van der Waals surface area contributed by atoms with Crippen LogP contribution in [0.4, 0.5) is 0 Å². The number of aromatic amines is 3. The zero-order valence-electron chi connectivity index (χ0n) is 12.1. The van der Waals surface area contributed by atoms with Crippen LogP contribution in [0.5, 0.6) is 0 Å². The minimum absolute atomic E-state index is 0.914. The van der Waals surface area contributed by atoms with E-state index in [-0.39, 0.29) is 0 Å². The van der Waals surface area contributed by atoms with Crippen LogP contribution in [0.1, 0.15) is 0 Å². The van der Waals surface area contributed by atoms with Crippen molar-refractivity contribution < 1.29 is 0 Å². The fraction of sp³-hybridized carbons (Fsp3) is 0. The molecular formula is C11H12N12S. The van der Waals surface area contributed by atoms with E-state index >= 15 is 0 Å². The Hall–Kier alpha value is -3.61. The summed E-state index contributed by atoms with van der Waals surface area (Å²) in [6.07, 6.45) is 5.81. The van der Waals surface area contributed by atoms with Gasteiger partial charge in [0.25, 0.3) is 0 Å². The topological polar surface area (TPSA) is 163 Å². The maximum atomic E-state index is 3.88. The van der Waals surface area contributed by atoms with E-state index in [2.05, 4.69) is 60.6 Å². The number of H-pyrrole nitrogens is 3. The van der Waals surface area contributed by atoms with Gasteiger partial charge < -0.3 is 0 Å². The second kappa shape index (κ2) is 11.0. The van der Waals surface area contributed by atoms with Gasteiger partial charge in [0, 0.05) is 0 Å². The molecule has 1 aromatic carbocycles. The minimum Gasteiger partial charge on any atom is -0.266 e. The van der Waals surface area contributed by atoms with E-state index in [9.17, 15) is 0 Å². The molecule has 0 fully saturated rings. The van der Waals surface area contributed by atoms with E-state index in [0.717, 1.165) is 11.0 Å². The maximum absolute atomic E-state index is 3.88. The van der Waals surface area contributed by atoms with Crippen LogP contribution in [0.25, 0.3) is 11.0 Å². The molecule has 0 aliphatic rings. The van der Waals surface area contributed by atoms with Gasteiger partial charge in [-0.25, -0.2) is 9.97 Å². The lowest BCUT2D eigenvalue weighted by Crippen LogP contribution is -1.64. The lowest BCUT2D eigenvalue weighted by Gasteiger charge is -1.78. The van der Waals surface area contributed by atoms with E-state index in [0.29, 0.717) is 0 Å². The summed E-state index contributed by atoms with van der Waals surface area (Å²) in [7, 11) is 0. The lowest BCUT2D eigenvalue weighted by atomic mass is 10.3. The van der Waals surface area contributed by atoms with Gasteiger partial charge in [-0.1, -0.05) is 17.3 Å². The van der Waals surface area contributed by atoms with Gasteiger partial charge in [-0.05, 0) is 23.7 Å². The molecule has 0 saturated heterocycles. The van der Waals surface area contributed by atoms with Crippen LogP contribution in [0.15, 0.2) is 55.1 Å². The monoisotopic (exact) mass is 344 g/mol. The number of rotatable bonds is 0. The highest BCUT2D eigenvalue weighted by Gasteiger charge is 1.90. The summed E-state index contributed by atoms with van der Waals surface area (Å²) >= 11 is 1.35. The molecule has 0 unspecified atom stereocenters. The SMILES string of the molecule is c1ccc2n[nH]nc2c1.c1nc[nH]n1.c1ncsn1.c1nn[nH]n1. The van der Waals surface area contributed by atoms with Gasteiger partial charge in [0.2, 0.25) is 0 Å². The van der Waals surface area contributed by atoms with Crippen molar-refractivity contribution in [3.8, 4) is 0 Å². The summed E-state index contributed by atoms with van der Waals surface area (Å²) in [6.45, 7) is 0. The van der Waals surface area contributed by atoms with Gasteiger partial charge in [-0.3, -0.25) is 5.10 Å². The van der Waals surface area contributed by atoms with Crippen molar-refractivity contribution in [1.29, 1.82) is 0 Å². The van der Waals surface area contributed by atoms with E-state index in [1.54, 1.807) is 5.51 Å². The Kier molecular flexibility index (Phi) is 7.70. The number of benzene rings is 1. The highest BCUT2D eigenvalue weighted by molar-refractivity contribution is 7.03. The number of aromatic nitrogens is 12. The third-order valence-corrected chi connectivity index (χ3v) is 2.54. The first-order valence-electron chi connectivity index (χ1n) is 6.37. The number of hydrogen-bond acceptors (Lipinski definition) is 10. The van der Waals surface area contributed by atoms with Crippen LogP contribution in [-0.2, 0) is 0 Å². The second-order valence-electron chi connectivity index (χ2n) is 3.60. The van der Waals surface area contributed by atoms with Gasteiger partial charge >= 0.3 is 0 Å². The van der Waals surface area contributed by atoms with Crippen molar-refractivity contribution in [3.63, 3.8) is 0 Å². The molecule has 0 bridgehead atoms. The Balaban J connectivity index is 0.000000121. The molecule has 0 aliphatic carbocycles. The van der Waals surface area contributed by atoms with Gasteiger partial charge in [0.15, 0.2) is 6.33 Å². The first-order chi connectivity index (χ1) is 12.0. The average Bonchev–Trinajstić information content (AvgIpc) is 3.48. The molecule has 0 radical (unpaired) electrons. The molecule has 0 saturated carbocycles.